The van der Waals surface area contributed by atoms with Crippen LogP contribution in [0.4, 0.5) is 15.3 Å². The minimum atomic E-state index is -0.932. The van der Waals surface area contributed by atoms with E-state index in [2.05, 4.69) is 21.3 Å². The topological polar surface area (TPSA) is 138 Å². The molecule has 0 heterocycles. The molecule has 2 aliphatic rings. The lowest BCUT2D eigenvalue weighted by atomic mass is 10.1. The van der Waals surface area contributed by atoms with Crippen molar-refractivity contribution in [2.75, 3.05) is 33.0 Å². The number of nitro groups is 1. The van der Waals surface area contributed by atoms with E-state index in [1.54, 1.807) is 0 Å². The third-order valence-electron chi connectivity index (χ3n) is 5.50. The second-order valence-electron chi connectivity index (χ2n) is 7.68. The van der Waals surface area contributed by atoms with Crippen molar-refractivity contribution in [2.45, 2.75) is 25.7 Å². The molecule has 1 unspecified atom stereocenters. The quantitative estimate of drug-likeness (QED) is 0.0847. The molecule has 1 fully saturated rings. The highest BCUT2D eigenvalue weighted by Gasteiger charge is 2.49. The van der Waals surface area contributed by atoms with Crippen LogP contribution in [0, 0.1) is 39.7 Å². The Morgan fingerprint density at radius 2 is 1.76 bits per heavy atom. The predicted molar refractivity (Wildman–Crippen MR) is 123 cm³/mol. The molecule has 0 aromatic heterocycles. The van der Waals surface area contributed by atoms with E-state index in [9.17, 15) is 19.7 Å². The number of nitrogens with zero attached hydrogens (tertiary/aromatic N) is 1. The SMILES string of the molecule is O=C(NSNCCOCCOC(=O)Oc1ccc([N+](=O)[O-])cc1)OCC1[C@H]2CCC#CCC[C@@H]12. The van der Waals surface area contributed by atoms with Crippen LogP contribution in [0.25, 0.3) is 0 Å². The van der Waals surface area contributed by atoms with Crippen molar-refractivity contribution < 1.29 is 33.5 Å². The summed E-state index contributed by atoms with van der Waals surface area (Å²) in [6.45, 7) is 1.37. The molecule has 0 spiro atoms. The molecule has 11 nitrogen and oxygen atoms in total. The molecule has 2 N–H and O–H groups in total. The molecule has 0 bridgehead atoms. The van der Waals surface area contributed by atoms with Gasteiger partial charge in [-0.15, -0.1) is 11.8 Å². The Morgan fingerprint density at radius 3 is 2.44 bits per heavy atom. The van der Waals surface area contributed by atoms with E-state index in [0.717, 1.165) is 37.8 Å². The van der Waals surface area contributed by atoms with Gasteiger partial charge in [-0.1, -0.05) is 0 Å². The van der Waals surface area contributed by atoms with Gasteiger partial charge in [-0.05, 0) is 42.7 Å². The number of hydrogen-bond donors (Lipinski definition) is 2. The smallest absolute Gasteiger partial charge is 0.449 e. The summed E-state index contributed by atoms with van der Waals surface area (Å²) in [5, 5.41) is 10.6. The fraction of sp³-hybridized carbons (Fsp3) is 0.545. The molecule has 0 radical (unpaired) electrons. The number of carbonyl (C=O) groups excluding carboxylic acids is 2. The summed E-state index contributed by atoms with van der Waals surface area (Å²) < 4.78 is 25.8. The van der Waals surface area contributed by atoms with Crippen LogP contribution in [0.2, 0.25) is 0 Å². The maximum Gasteiger partial charge on any atom is 0.513 e. The Labute approximate surface area is 201 Å². The fourth-order valence-electron chi connectivity index (χ4n) is 3.77. The number of benzene rings is 1. The minimum absolute atomic E-state index is 0.0151. The largest absolute Gasteiger partial charge is 0.513 e. The standard InChI is InChI=1S/C22H27N3O8S/c26-21(32-15-20-18-5-3-1-2-4-6-19(18)20)24-34-23-11-12-30-13-14-31-22(27)33-17-9-7-16(8-10-17)25(28)29/h7-10,18-20,23H,3-6,11-15H2,(H,24,26)/t18-,19+,20?. The lowest BCUT2D eigenvalue weighted by Crippen LogP contribution is -2.25. The van der Waals surface area contributed by atoms with Crippen LogP contribution in [-0.4, -0.2) is 50.1 Å². The average Bonchev–Trinajstić information content (AvgIpc) is 3.45. The summed E-state index contributed by atoms with van der Waals surface area (Å²) in [5.74, 6) is 8.20. The Balaban J connectivity index is 1.12. The third kappa shape index (κ3) is 8.74. The maximum atomic E-state index is 11.8. The number of carbonyl (C=O) groups is 2. The normalized spacial score (nSPS) is 20.4. The first kappa shape index (κ1) is 25.6. The average molecular weight is 494 g/mol. The number of fused-ring (bicyclic) bond motifs is 1. The Morgan fingerprint density at radius 1 is 1.06 bits per heavy atom. The zero-order valence-corrected chi connectivity index (χ0v) is 19.3. The van der Waals surface area contributed by atoms with Crippen molar-refractivity contribution in [1.82, 2.24) is 9.44 Å². The summed E-state index contributed by atoms with van der Waals surface area (Å²) in [5.41, 5.74) is -0.106. The number of nitrogens with one attached hydrogen (secondary N) is 2. The van der Waals surface area contributed by atoms with Crippen molar-refractivity contribution in [1.29, 1.82) is 0 Å². The highest BCUT2D eigenvalue weighted by atomic mass is 32.2. The lowest BCUT2D eigenvalue weighted by molar-refractivity contribution is -0.384. The maximum absolute atomic E-state index is 11.8. The molecule has 2 aliphatic carbocycles. The number of hydrogen-bond acceptors (Lipinski definition) is 10. The molecule has 1 saturated carbocycles. The Bertz CT molecular complexity index is 884. The summed E-state index contributed by atoms with van der Waals surface area (Å²) in [4.78, 5) is 33.4. The van der Waals surface area contributed by atoms with Gasteiger partial charge in [0.05, 0.1) is 24.7 Å². The molecule has 1 aromatic rings. The second-order valence-corrected chi connectivity index (χ2v) is 8.38. The molecule has 12 heteroatoms. The van der Waals surface area contributed by atoms with Crippen molar-refractivity contribution >= 4 is 30.1 Å². The van der Waals surface area contributed by atoms with E-state index < -0.39 is 17.2 Å². The van der Waals surface area contributed by atoms with E-state index in [-0.39, 0.29) is 24.7 Å². The first-order chi connectivity index (χ1) is 16.5. The molecule has 3 atom stereocenters. The van der Waals surface area contributed by atoms with Crippen molar-refractivity contribution in [3.05, 3.63) is 34.4 Å². The van der Waals surface area contributed by atoms with Gasteiger partial charge in [0.15, 0.2) is 0 Å². The van der Waals surface area contributed by atoms with Crippen LogP contribution in [0.3, 0.4) is 0 Å². The van der Waals surface area contributed by atoms with Crippen LogP contribution in [0.5, 0.6) is 5.75 Å². The van der Waals surface area contributed by atoms with E-state index in [1.165, 1.54) is 24.3 Å². The first-order valence-electron chi connectivity index (χ1n) is 11.0. The summed E-state index contributed by atoms with van der Waals surface area (Å²) in [7, 11) is 0. The van der Waals surface area contributed by atoms with Gasteiger partial charge in [0.25, 0.3) is 5.69 Å². The second kappa shape index (κ2) is 13.6. The molecule has 0 saturated heterocycles. The molecule has 3 rings (SSSR count). The lowest BCUT2D eigenvalue weighted by Gasteiger charge is -2.08. The molecule has 184 valence electrons. The molecule has 0 aliphatic heterocycles. The van der Waals surface area contributed by atoms with Gasteiger partial charge in [-0.2, -0.15) is 0 Å². The van der Waals surface area contributed by atoms with Crippen LogP contribution in [0.1, 0.15) is 25.7 Å². The highest BCUT2D eigenvalue weighted by molar-refractivity contribution is 7.96. The van der Waals surface area contributed by atoms with Crippen LogP contribution >= 0.6 is 12.1 Å². The van der Waals surface area contributed by atoms with Crippen molar-refractivity contribution in [3.63, 3.8) is 0 Å². The van der Waals surface area contributed by atoms with Crippen LogP contribution < -0.4 is 14.2 Å². The van der Waals surface area contributed by atoms with E-state index in [0.29, 0.717) is 37.5 Å². The first-order valence-corrected chi connectivity index (χ1v) is 11.8. The van der Waals surface area contributed by atoms with Crippen molar-refractivity contribution in [3.8, 4) is 17.6 Å². The van der Waals surface area contributed by atoms with Gasteiger partial charge in [-0.25, -0.2) is 14.3 Å². The van der Waals surface area contributed by atoms with Crippen LogP contribution in [0.15, 0.2) is 24.3 Å². The highest BCUT2D eigenvalue weighted by Crippen LogP contribution is 2.52. The monoisotopic (exact) mass is 493 g/mol. The Hall–Kier alpha value is -3.01. The zero-order valence-electron chi connectivity index (χ0n) is 18.5. The molecule has 1 aromatic carbocycles. The summed E-state index contributed by atoms with van der Waals surface area (Å²) >= 11 is 1.02. The van der Waals surface area contributed by atoms with E-state index >= 15 is 0 Å². The number of non-ortho nitro benzene ring substituents is 1. The summed E-state index contributed by atoms with van der Waals surface area (Å²) in [6, 6.07) is 5.06. The fourth-order valence-corrected chi connectivity index (χ4v) is 4.17. The minimum Gasteiger partial charge on any atom is -0.449 e. The van der Waals surface area contributed by atoms with E-state index in [1.807, 2.05) is 0 Å². The molecular formula is C22H27N3O8S. The molecule has 1 amide bonds. The van der Waals surface area contributed by atoms with Gasteiger partial charge in [0.2, 0.25) is 0 Å². The van der Waals surface area contributed by atoms with Gasteiger partial charge in [-0.3, -0.25) is 14.8 Å². The van der Waals surface area contributed by atoms with Crippen molar-refractivity contribution in [2.24, 2.45) is 17.8 Å². The van der Waals surface area contributed by atoms with Gasteiger partial charge in [0.1, 0.15) is 12.4 Å². The third-order valence-corrected chi connectivity index (χ3v) is 6.11. The number of nitro benzene ring substituents is 1. The van der Waals surface area contributed by atoms with Gasteiger partial charge < -0.3 is 18.9 Å². The summed E-state index contributed by atoms with van der Waals surface area (Å²) in [6.07, 6.45) is 2.65. The van der Waals surface area contributed by atoms with Gasteiger partial charge >= 0.3 is 12.2 Å². The molecule has 34 heavy (non-hydrogen) atoms. The van der Waals surface area contributed by atoms with E-state index in [4.69, 9.17) is 18.9 Å². The predicted octanol–water partition coefficient (Wildman–Crippen LogP) is 3.45. The Kier molecular flexibility index (Phi) is 10.3. The molecular weight excluding hydrogens is 466 g/mol. The number of ether oxygens (including phenoxy) is 4. The number of amides is 1. The van der Waals surface area contributed by atoms with Crippen LogP contribution in [-0.2, 0) is 14.2 Å². The van der Waals surface area contributed by atoms with Gasteiger partial charge in [0, 0.05) is 43.7 Å². The zero-order chi connectivity index (χ0) is 24.2. The number of rotatable bonds is 12.